The fraction of sp³-hybridized carbons (Fsp3) is 0.625. The monoisotopic (exact) mass is 428 g/mol. The van der Waals surface area contributed by atoms with Crippen molar-refractivity contribution in [3.63, 3.8) is 0 Å². The van der Waals surface area contributed by atoms with Gasteiger partial charge in [0.25, 0.3) is 5.91 Å². The van der Waals surface area contributed by atoms with E-state index in [1.165, 1.54) is 0 Å². The third-order valence-corrected chi connectivity index (χ3v) is 6.93. The number of hydrogen-bond donors (Lipinski definition) is 1. The fourth-order valence-electron chi connectivity index (χ4n) is 5.12. The van der Waals surface area contributed by atoms with Gasteiger partial charge in [-0.25, -0.2) is 0 Å². The molecule has 7 nitrogen and oxygen atoms in total. The molecule has 1 saturated heterocycles. The van der Waals surface area contributed by atoms with Gasteiger partial charge in [0, 0.05) is 44.8 Å². The van der Waals surface area contributed by atoms with Crippen LogP contribution in [0.3, 0.4) is 0 Å². The summed E-state index contributed by atoms with van der Waals surface area (Å²) >= 11 is 0. The Balaban J connectivity index is 1.90. The van der Waals surface area contributed by atoms with Crippen LogP contribution in [0.5, 0.6) is 0 Å². The number of benzene rings is 1. The topological polar surface area (TPSA) is 73.0 Å². The number of fused-ring (bicyclic) bond motifs is 1. The lowest BCUT2D eigenvalue weighted by Gasteiger charge is -2.36. The summed E-state index contributed by atoms with van der Waals surface area (Å²) in [7, 11) is 0. The minimum absolute atomic E-state index is 0.0639. The highest BCUT2D eigenvalue weighted by Crippen LogP contribution is 2.36. The first-order valence-corrected chi connectivity index (χ1v) is 11.6. The Labute approximate surface area is 185 Å². The first-order chi connectivity index (χ1) is 14.9. The molecule has 3 rings (SSSR count). The molecule has 2 aliphatic rings. The van der Waals surface area contributed by atoms with E-state index in [0.717, 1.165) is 12.0 Å². The Kier molecular flexibility index (Phi) is 7.36. The van der Waals surface area contributed by atoms with Gasteiger partial charge in [0.15, 0.2) is 0 Å². The zero-order valence-electron chi connectivity index (χ0n) is 19.3. The lowest BCUT2D eigenvalue weighted by molar-refractivity contribution is -0.137. The van der Waals surface area contributed by atoms with E-state index in [-0.39, 0.29) is 30.2 Å². The molecule has 0 aliphatic carbocycles. The van der Waals surface area contributed by atoms with Crippen LogP contribution in [0.15, 0.2) is 24.3 Å². The second kappa shape index (κ2) is 9.81. The molecule has 1 N–H and O–H groups in total. The summed E-state index contributed by atoms with van der Waals surface area (Å²) in [5.74, 6) is -0.356. The highest BCUT2D eigenvalue weighted by atomic mass is 16.2. The zero-order valence-corrected chi connectivity index (χ0v) is 19.3. The number of amides is 3. The lowest BCUT2D eigenvalue weighted by atomic mass is 9.81. The Morgan fingerprint density at radius 2 is 1.71 bits per heavy atom. The van der Waals surface area contributed by atoms with E-state index in [1.807, 2.05) is 61.8 Å². The lowest BCUT2D eigenvalue weighted by Crippen LogP contribution is -2.58. The Hall–Kier alpha value is -2.41. The standard InChI is InChI=1S/C24H36N4O3/c1-5-27(6-2)21(29)16-26-15-20(23(31)28(7-3)8-4)24(17-26)14-13-18-11-9-10-12-19(18)22(30)25-24/h9-12,20H,5-8,13-17H2,1-4H3,(H,25,30)/t20-,24+/m1/s1. The third kappa shape index (κ3) is 4.61. The van der Waals surface area contributed by atoms with Crippen molar-refractivity contribution in [1.29, 1.82) is 0 Å². The van der Waals surface area contributed by atoms with E-state index in [0.29, 0.717) is 51.3 Å². The minimum Gasteiger partial charge on any atom is -0.344 e. The van der Waals surface area contributed by atoms with Crippen molar-refractivity contribution in [3.05, 3.63) is 35.4 Å². The van der Waals surface area contributed by atoms with Crippen molar-refractivity contribution in [2.45, 2.75) is 46.1 Å². The SMILES string of the molecule is CCN(CC)C(=O)CN1C[C@H](C(=O)N(CC)CC)[C@]2(CCc3ccccc3C(=O)N2)C1. The second-order valence-corrected chi connectivity index (χ2v) is 8.57. The van der Waals surface area contributed by atoms with E-state index >= 15 is 0 Å². The smallest absolute Gasteiger partial charge is 0.252 e. The molecular formula is C24H36N4O3. The van der Waals surface area contributed by atoms with Gasteiger partial charge in [-0.2, -0.15) is 0 Å². The number of aryl methyl sites for hydroxylation is 1. The van der Waals surface area contributed by atoms with Crippen LogP contribution in [-0.2, 0) is 16.0 Å². The van der Waals surface area contributed by atoms with Crippen molar-refractivity contribution < 1.29 is 14.4 Å². The van der Waals surface area contributed by atoms with E-state index in [9.17, 15) is 14.4 Å². The van der Waals surface area contributed by atoms with Crippen LogP contribution >= 0.6 is 0 Å². The summed E-state index contributed by atoms with van der Waals surface area (Å²) in [6.07, 6.45) is 1.41. The van der Waals surface area contributed by atoms with Crippen molar-refractivity contribution >= 4 is 17.7 Å². The number of carbonyl (C=O) groups excluding carboxylic acids is 3. The molecule has 0 unspecified atom stereocenters. The van der Waals surface area contributed by atoms with Gasteiger partial charge >= 0.3 is 0 Å². The maximum Gasteiger partial charge on any atom is 0.252 e. The number of nitrogens with one attached hydrogen (secondary N) is 1. The van der Waals surface area contributed by atoms with Crippen molar-refractivity contribution in [2.75, 3.05) is 45.8 Å². The summed E-state index contributed by atoms with van der Waals surface area (Å²) in [5.41, 5.74) is 1.04. The molecule has 1 fully saturated rings. The zero-order chi connectivity index (χ0) is 22.6. The van der Waals surface area contributed by atoms with Crippen LogP contribution < -0.4 is 5.32 Å². The minimum atomic E-state index is -0.667. The fourth-order valence-corrected chi connectivity index (χ4v) is 5.12. The van der Waals surface area contributed by atoms with Gasteiger partial charge in [-0.05, 0) is 52.2 Å². The molecule has 31 heavy (non-hydrogen) atoms. The molecule has 1 spiro atoms. The molecule has 2 aliphatic heterocycles. The molecule has 0 bridgehead atoms. The predicted octanol–water partition coefficient (Wildman–Crippen LogP) is 1.77. The maximum atomic E-state index is 13.5. The van der Waals surface area contributed by atoms with E-state index in [1.54, 1.807) is 0 Å². The second-order valence-electron chi connectivity index (χ2n) is 8.57. The Morgan fingerprint density at radius 1 is 1.06 bits per heavy atom. The first-order valence-electron chi connectivity index (χ1n) is 11.6. The van der Waals surface area contributed by atoms with Gasteiger partial charge in [0.05, 0.1) is 18.0 Å². The maximum absolute atomic E-state index is 13.5. The molecular weight excluding hydrogens is 392 g/mol. The summed E-state index contributed by atoms with van der Waals surface area (Å²) in [5, 5.41) is 3.25. The normalized spacial score (nSPS) is 23.2. The number of carbonyl (C=O) groups is 3. The third-order valence-electron chi connectivity index (χ3n) is 6.93. The van der Waals surface area contributed by atoms with Crippen molar-refractivity contribution in [1.82, 2.24) is 20.0 Å². The summed E-state index contributed by atoms with van der Waals surface area (Å²) < 4.78 is 0. The number of likely N-dealkylation sites (N-methyl/N-ethyl adjacent to an activating group) is 1. The van der Waals surface area contributed by atoms with Gasteiger partial charge in [-0.1, -0.05) is 18.2 Å². The highest BCUT2D eigenvalue weighted by molar-refractivity contribution is 5.97. The van der Waals surface area contributed by atoms with Crippen LogP contribution in [0.2, 0.25) is 0 Å². The van der Waals surface area contributed by atoms with Crippen LogP contribution in [-0.4, -0.2) is 83.8 Å². The first kappa shape index (κ1) is 23.3. The molecule has 2 atom stereocenters. The summed E-state index contributed by atoms with van der Waals surface area (Å²) in [6, 6.07) is 7.66. The quantitative estimate of drug-likeness (QED) is 0.718. The number of likely N-dealkylation sites (tertiary alicyclic amines) is 1. The van der Waals surface area contributed by atoms with Crippen LogP contribution in [0.4, 0.5) is 0 Å². The van der Waals surface area contributed by atoms with Crippen LogP contribution in [0.25, 0.3) is 0 Å². The van der Waals surface area contributed by atoms with Crippen molar-refractivity contribution in [2.24, 2.45) is 5.92 Å². The summed E-state index contributed by atoms with van der Waals surface area (Å²) in [4.78, 5) is 45.1. The molecule has 0 saturated carbocycles. The largest absolute Gasteiger partial charge is 0.344 e. The van der Waals surface area contributed by atoms with Crippen molar-refractivity contribution in [3.8, 4) is 0 Å². The molecule has 1 aromatic carbocycles. The number of rotatable bonds is 7. The van der Waals surface area contributed by atoms with Gasteiger partial charge in [-0.3, -0.25) is 19.3 Å². The van der Waals surface area contributed by atoms with Crippen LogP contribution in [0, 0.1) is 5.92 Å². The molecule has 0 radical (unpaired) electrons. The Bertz CT molecular complexity index is 819. The van der Waals surface area contributed by atoms with Gasteiger partial charge in [-0.15, -0.1) is 0 Å². The molecule has 1 aromatic rings. The average Bonchev–Trinajstić information content (AvgIpc) is 3.04. The number of hydrogen-bond acceptors (Lipinski definition) is 4. The van der Waals surface area contributed by atoms with E-state index < -0.39 is 5.54 Å². The van der Waals surface area contributed by atoms with Gasteiger partial charge < -0.3 is 15.1 Å². The van der Waals surface area contributed by atoms with E-state index in [4.69, 9.17) is 0 Å². The molecule has 170 valence electrons. The highest BCUT2D eigenvalue weighted by Gasteiger charge is 2.52. The number of nitrogens with zero attached hydrogens (tertiary/aromatic N) is 3. The molecule has 3 amide bonds. The Morgan fingerprint density at radius 3 is 2.35 bits per heavy atom. The predicted molar refractivity (Wildman–Crippen MR) is 121 cm³/mol. The molecule has 0 aromatic heterocycles. The summed E-state index contributed by atoms with van der Waals surface area (Å²) in [6.45, 7) is 11.8. The van der Waals surface area contributed by atoms with Gasteiger partial charge in [0.1, 0.15) is 0 Å². The van der Waals surface area contributed by atoms with Gasteiger partial charge in [0.2, 0.25) is 11.8 Å². The van der Waals surface area contributed by atoms with Crippen LogP contribution in [0.1, 0.15) is 50.0 Å². The molecule has 7 heteroatoms. The van der Waals surface area contributed by atoms with E-state index in [2.05, 4.69) is 10.2 Å². The average molecular weight is 429 g/mol. The molecule has 2 heterocycles.